The van der Waals surface area contributed by atoms with E-state index >= 15 is 0 Å². The highest BCUT2D eigenvalue weighted by Gasteiger charge is 2.13. The fourth-order valence-electron chi connectivity index (χ4n) is 2.22. The van der Waals surface area contributed by atoms with Crippen LogP contribution in [0.15, 0.2) is 52.1 Å². The van der Waals surface area contributed by atoms with Gasteiger partial charge in [-0.25, -0.2) is 4.39 Å². The van der Waals surface area contributed by atoms with Crippen LogP contribution < -0.4 is 14.8 Å². The third-order valence-electron chi connectivity index (χ3n) is 3.49. The van der Waals surface area contributed by atoms with Crippen molar-refractivity contribution >= 4 is 23.4 Å². The summed E-state index contributed by atoms with van der Waals surface area (Å²) in [7, 11) is 3.05. The number of ether oxygens (including phenoxy) is 2. The van der Waals surface area contributed by atoms with E-state index in [1.54, 1.807) is 37.4 Å². The molecule has 2 aromatic carbocycles. The average Bonchev–Trinajstić information content (AvgIpc) is 3.16. The van der Waals surface area contributed by atoms with Gasteiger partial charge in [-0.15, -0.1) is 10.2 Å². The van der Waals surface area contributed by atoms with Crippen molar-refractivity contribution in [2.75, 3.05) is 25.3 Å². The highest BCUT2D eigenvalue weighted by atomic mass is 32.2. The molecule has 0 saturated heterocycles. The smallest absolute Gasteiger partial charge is 0.277 e. The van der Waals surface area contributed by atoms with Gasteiger partial charge >= 0.3 is 0 Å². The van der Waals surface area contributed by atoms with Crippen LogP contribution in [0.1, 0.15) is 0 Å². The summed E-state index contributed by atoms with van der Waals surface area (Å²) in [6.45, 7) is 0. The van der Waals surface area contributed by atoms with Gasteiger partial charge in [-0.3, -0.25) is 4.79 Å². The number of benzene rings is 2. The molecular formula is C18H16FN3O4S. The zero-order valence-electron chi connectivity index (χ0n) is 14.6. The predicted octanol–water partition coefficient (Wildman–Crippen LogP) is 3.62. The molecule has 27 heavy (non-hydrogen) atoms. The van der Waals surface area contributed by atoms with Crippen molar-refractivity contribution in [1.29, 1.82) is 0 Å². The number of carbonyl (C=O) groups is 1. The quantitative estimate of drug-likeness (QED) is 0.618. The van der Waals surface area contributed by atoms with Crippen molar-refractivity contribution in [2.45, 2.75) is 5.22 Å². The Bertz CT molecular complexity index is 948. The third kappa shape index (κ3) is 4.76. The Morgan fingerprint density at radius 1 is 1.19 bits per heavy atom. The summed E-state index contributed by atoms with van der Waals surface area (Å²) in [5.74, 6) is 0.685. The van der Waals surface area contributed by atoms with Crippen molar-refractivity contribution in [3.8, 4) is 23.0 Å². The minimum Gasteiger partial charge on any atom is -0.497 e. The van der Waals surface area contributed by atoms with Crippen molar-refractivity contribution < 1.29 is 23.1 Å². The first-order valence-electron chi connectivity index (χ1n) is 7.83. The van der Waals surface area contributed by atoms with Gasteiger partial charge in [0.2, 0.25) is 11.8 Å². The molecule has 0 spiro atoms. The molecule has 9 heteroatoms. The number of methoxy groups -OCH3 is 2. The molecule has 3 aromatic rings. The van der Waals surface area contributed by atoms with Gasteiger partial charge in [-0.05, 0) is 30.3 Å². The summed E-state index contributed by atoms with van der Waals surface area (Å²) in [6.07, 6.45) is 0. The molecule has 0 bridgehead atoms. The van der Waals surface area contributed by atoms with E-state index in [9.17, 15) is 9.18 Å². The van der Waals surface area contributed by atoms with Crippen LogP contribution >= 0.6 is 11.8 Å². The van der Waals surface area contributed by atoms with Gasteiger partial charge < -0.3 is 19.2 Å². The molecule has 1 heterocycles. The summed E-state index contributed by atoms with van der Waals surface area (Å²) in [5.41, 5.74) is 0.997. The largest absolute Gasteiger partial charge is 0.497 e. The monoisotopic (exact) mass is 389 g/mol. The number of amides is 1. The lowest BCUT2D eigenvalue weighted by molar-refractivity contribution is -0.113. The molecule has 0 aliphatic rings. The van der Waals surface area contributed by atoms with Crippen LogP contribution in [-0.2, 0) is 4.79 Å². The summed E-state index contributed by atoms with van der Waals surface area (Å²) < 4.78 is 29.1. The second-order valence-electron chi connectivity index (χ2n) is 5.29. The van der Waals surface area contributed by atoms with Gasteiger partial charge in [0.1, 0.15) is 17.3 Å². The molecule has 7 nitrogen and oxygen atoms in total. The molecule has 0 atom stereocenters. The average molecular weight is 389 g/mol. The molecule has 0 fully saturated rings. The van der Waals surface area contributed by atoms with Gasteiger partial charge in [-0.1, -0.05) is 17.8 Å². The predicted molar refractivity (Wildman–Crippen MR) is 98.6 cm³/mol. The van der Waals surface area contributed by atoms with Crippen LogP contribution in [0.25, 0.3) is 11.5 Å². The first kappa shape index (κ1) is 18.7. The SMILES string of the molecule is COc1ccc(NC(=O)CSc2nnc(-c3cccc(F)c3)o2)c(OC)c1. The topological polar surface area (TPSA) is 86.5 Å². The van der Waals surface area contributed by atoms with Gasteiger partial charge in [0.15, 0.2) is 0 Å². The Kier molecular flexibility index (Phi) is 5.92. The standard InChI is InChI=1S/C18H16FN3O4S/c1-24-13-6-7-14(15(9-13)25-2)20-16(23)10-27-18-22-21-17(26-18)11-4-3-5-12(19)8-11/h3-9H,10H2,1-2H3,(H,20,23). The van der Waals surface area contributed by atoms with E-state index in [1.165, 1.54) is 19.2 Å². The van der Waals surface area contributed by atoms with E-state index < -0.39 is 5.82 Å². The molecule has 0 unspecified atom stereocenters. The normalized spacial score (nSPS) is 10.5. The Hall–Kier alpha value is -3.07. The van der Waals surface area contributed by atoms with Crippen molar-refractivity contribution in [1.82, 2.24) is 10.2 Å². The van der Waals surface area contributed by atoms with E-state index in [2.05, 4.69) is 15.5 Å². The van der Waals surface area contributed by atoms with Crippen molar-refractivity contribution in [3.63, 3.8) is 0 Å². The van der Waals surface area contributed by atoms with Crippen LogP contribution in [0.2, 0.25) is 0 Å². The van der Waals surface area contributed by atoms with Gasteiger partial charge in [-0.2, -0.15) is 0 Å². The molecule has 3 rings (SSSR count). The molecule has 0 aliphatic heterocycles. The fraction of sp³-hybridized carbons (Fsp3) is 0.167. The second-order valence-corrected chi connectivity index (χ2v) is 6.21. The number of thioether (sulfide) groups is 1. The summed E-state index contributed by atoms with van der Waals surface area (Å²) in [4.78, 5) is 12.2. The maximum atomic E-state index is 13.3. The third-order valence-corrected chi connectivity index (χ3v) is 4.31. The zero-order chi connectivity index (χ0) is 19.2. The van der Waals surface area contributed by atoms with Crippen LogP contribution in [-0.4, -0.2) is 36.1 Å². The van der Waals surface area contributed by atoms with Crippen LogP contribution in [0, 0.1) is 5.82 Å². The van der Waals surface area contributed by atoms with Gasteiger partial charge in [0.05, 0.1) is 25.7 Å². The number of rotatable bonds is 7. The van der Waals surface area contributed by atoms with E-state index in [0.29, 0.717) is 22.7 Å². The number of hydrogen-bond donors (Lipinski definition) is 1. The van der Waals surface area contributed by atoms with E-state index in [-0.39, 0.29) is 22.8 Å². The van der Waals surface area contributed by atoms with Gasteiger partial charge in [0, 0.05) is 11.6 Å². The van der Waals surface area contributed by atoms with Crippen LogP contribution in [0.4, 0.5) is 10.1 Å². The zero-order valence-corrected chi connectivity index (χ0v) is 15.4. The van der Waals surface area contributed by atoms with E-state index in [1.807, 2.05) is 0 Å². The lowest BCUT2D eigenvalue weighted by Crippen LogP contribution is -2.14. The Morgan fingerprint density at radius 2 is 2.04 bits per heavy atom. The van der Waals surface area contributed by atoms with Crippen molar-refractivity contribution in [3.05, 3.63) is 48.3 Å². The lowest BCUT2D eigenvalue weighted by Gasteiger charge is -2.11. The number of hydrogen-bond acceptors (Lipinski definition) is 7. The Labute approximate surface area is 158 Å². The Morgan fingerprint density at radius 3 is 2.78 bits per heavy atom. The minimum atomic E-state index is -0.396. The van der Waals surface area contributed by atoms with Crippen molar-refractivity contribution in [2.24, 2.45) is 0 Å². The Balaban J connectivity index is 1.60. The molecular weight excluding hydrogens is 373 g/mol. The van der Waals surface area contributed by atoms with Crippen LogP contribution in [0.5, 0.6) is 11.5 Å². The summed E-state index contributed by atoms with van der Waals surface area (Å²) >= 11 is 1.08. The second kappa shape index (κ2) is 8.54. The number of nitrogens with zero attached hydrogens (tertiary/aromatic N) is 2. The highest BCUT2D eigenvalue weighted by Crippen LogP contribution is 2.29. The van der Waals surface area contributed by atoms with Gasteiger partial charge in [0.25, 0.3) is 5.22 Å². The molecule has 0 radical (unpaired) electrons. The number of nitrogens with one attached hydrogen (secondary N) is 1. The number of carbonyl (C=O) groups excluding carboxylic acids is 1. The van der Waals surface area contributed by atoms with E-state index in [0.717, 1.165) is 11.8 Å². The lowest BCUT2D eigenvalue weighted by atomic mass is 10.2. The number of halogens is 1. The fourth-order valence-corrected chi connectivity index (χ4v) is 2.78. The van der Waals surface area contributed by atoms with Crippen LogP contribution in [0.3, 0.4) is 0 Å². The molecule has 0 aliphatic carbocycles. The highest BCUT2D eigenvalue weighted by molar-refractivity contribution is 7.99. The molecule has 1 amide bonds. The maximum Gasteiger partial charge on any atom is 0.277 e. The summed E-state index contributed by atoms with van der Waals surface area (Å²) in [5, 5.41) is 10.7. The molecule has 1 N–H and O–H groups in total. The maximum absolute atomic E-state index is 13.3. The molecule has 0 saturated carbocycles. The molecule has 140 valence electrons. The summed E-state index contributed by atoms with van der Waals surface area (Å²) in [6, 6.07) is 10.9. The number of aromatic nitrogens is 2. The molecule has 1 aromatic heterocycles. The first-order chi connectivity index (χ1) is 13.1. The first-order valence-corrected chi connectivity index (χ1v) is 8.81. The van der Waals surface area contributed by atoms with E-state index in [4.69, 9.17) is 13.9 Å². The minimum absolute atomic E-state index is 0.0555. The number of anilines is 1.